The molecule has 92 valence electrons. The summed E-state index contributed by atoms with van der Waals surface area (Å²) in [6.45, 7) is 16.8. The predicted molar refractivity (Wildman–Crippen MR) is 69.0 cm³/mol. The summed E-state index contributed by atoms with van der Waals surface area (Å²) in [5, 5.41) is 0. The van der Waals surface area contributed by atoms with Gasteiger partial charge in [0.15, 0.2) is 0 Å². The van der Waals surface area contributed by atoms with Gasteiger partial charge in [-0.2, -0.15) is 0 Å². The minimum absolute atomic E-state index is 0.0355. The van der Waals surface area contributed by atoms with Crippen LogP contribution in [0, 0.1) is 11.8 Å². The van der Waals surface area contributed by atoms with Gasteiger partial charge in [-0.15, -0.1) is 0 Å². The van der Waals surface area contributed by atoms with Gasteiger partial charge in [-0.25, -0.2) is 0 Å². The molecule has 0 atom stereocenters. The highest BCUT2D eigenvalue weighted by molar-refractivity contribution is 4.74. The fourth-order valence-electron chi connectivity index (χ4n) is 1.74. The first-order valence-corrected chi connectivity index (χ1v) is 6.22. The zero-order chi connectivity index (χ0) is 12.1. The lowest BCUT2D eigenvalue weighted by molar-refractivity contribution is 0.203. The molecule has 0 unspecified atom stereocenters. The first kappa shape index (κ1) is 14.9. The number of nitrogens with two attached hydrogens (primary N) is 1. The molecule has 0 radical (unpaired) electrons. The Kier molecular flexibility index (Phi) is 6.46. The molecule has 0 aromatic heterocycles. The molecule has 0 aliphatic carbocycles. The predicted octanol–water partition coefficient (Wildman–Crippen LogP) is 2.73. The standard InChI is InChI=1S/C13H30N2/c1-11(2)9-15(10-12(3)4)8-7-13(5,6)14/h11-12H,7-10,14H2,1-6H3. The van der Waals surface area contributed by atoms with Crippen LogP contribution in [0.1, 0.15) is 48.0 Å². The van der Waals surface area contributed by atoms with Gasteiger partial charge in [0.05, 0.1) is 0 Å². The SMILES string of the molecule is CC(C)CN(CCC(C)(C)N)CC(C)C. The van der Waals surface area contributed by atoms with Crippen LogP contribution in [0.5, 0.6) is 0 Å². The van der Waals surface area contributed by atoms with Crippen molar-refractivity contribution in [1.82, 2.24) is 4.90 Å². The van der Waals surface area contributed by atoms with Crippen molar-refractivity contribution in [3.05, 3.63) is 0 Å². The van der Waals surface area contributed by atoms with E-state index in [9.17, 15) is 0 Å². The molecule has 0 aliphatic rings. The lowest BCUT2D eigenvalue weighted by atomic mass is 10.0. The van der Waals surface area contributed by atoms with E-state index in [1.807, 2.05) is 0 Å². The van der Waals surface area contributed by atoms with Crippen molar-refractivity contribution in [2.75, 3.05) is 19.6 Å². The van der Waals surface area contributed by atoms with Crippen LogP contribution in [-0.4, -0.2) is 30.1 Å². The highest BCUT2D eigenvalue weighted by Crippen LogP contribution is 2.09. The second kappa shape index (κ2) is 6.49. The summed E-state index contributed by atoms with van der Waals surface area (Å²) in [6, 6.07) is 0. The van der Waals surface area contributed by atoms with Gasteiger partial charge >= 0.3 is 0 Å². The highest BCUT2D eigenvalue weighted by atomic mass is 15.1. The summed E-state index contributed by atoms with van der Waals surface area (Å²) < 4.78 is 0. The second-order valence-corrected chi connectivity index (χ2v) is 6.29. The van der Waals surface area contributed by atoms with E-state index in [0.29, 0.717) is 0 Å². The summed E-state index contributed by atoms with van der Waals surface area (Å²) in [6.07, 6.45) is 1.08. The van der Waals surface area contributed by atoms with Crippen LogP contribution in [-0.2, 0) is 0 Å². The number of rotatable bonds is 7. The average Bonchev–Trinajstić information content (AvgIpc) is 1.96. The fourth-order valence-corrected chi connectivity index (χ4v) is 1.74. The van der Waals surface area contributed by atoms with Crippen molar-refractivity contribution >= 4 is 0 Å². The quantitative estimate of drug-likeness (QED) is 0.706. The van der Waals surface area contributed by atoms with E-state index in [1.165, 1.54) is 13.1 Å². The molecule has 0 saturated carbocycles. The van der Waals surface area contributed by atoms with Crippen LogP contribution >= 0.6 is 0 Å². The number of hydrogen-bond acceptors (Lipinski definition) is 2. The summed E-state index contributed by atoms with van der Waals surface area (Å²) >= 11 is 0. The highest BCUT2D eigenvalue weighted by Gasteiger charge is 2.15. The number of hydrogen-bond donors (Lipinski definition) is 1. The first-order valence-electron chi connectivity index (χ1n) is 6.22. The zero-order valence-corrected chi connectivity index (χ0v) is 11.5. The smallest absolute Gasteiger partial charge is 0.0109 e. The second-order valence-electron chi connectivity index (χ2n) is 6.29. The Labute approximate surface area is 96.2 Å². The molecule has 0 aliphatic heterocycles. The average molecular weight is 214 g/mol. The molecule has 0 fully saturated rings. The maximum absolute atomic E-state index is 6.02. The van der Waals surface area contributed by atoms with Gasteiger partial charge in [0, 0.05) is 18.6 Å². The molecule has 0 saturated heterocycles. The maximum atomic E-state index is 6.02. The molecule has 0 spiro atoms. The third kappa shape index (κ3) is 10.2. The molecule has 0 aromatic rings. The van der Waals surface area contributed by atoms with Crippen molar-refractivity contribution in [3.63, 3.8) is 0 Å². The van der Waals surface area contributed by atoms with Gasteiger partial charge in [0.2, 0.25) is 0 Å². The van der Waals surface area contributed by atoms with Gasteiger partial charge in [0.1, 0.15) is 0 Å². The molecule has 0 rings (SSSR count). The van der Waals surface area contributed by atoms with E-state index < -0.39 is 0 Å². The topological polar surface area (TPSA) is 29.3 Å². The third-order valence-electron chi connectivity index (χ3n) is 2.32. The Balaban J connectivity index is 4.01. The third-order valence-corrected chi connectivity index (χ3v) is 2.32. The van der Waals surface area contributed by atoms with Crippen molar-refractivity contribution < 1.29 is 0 Å². The molecular formula is C13H30N2. The monoisotopic (exact) mass is 214 g/mol. The van der Waals surface area contributed by atoms with Gasteiger partial charge in [0.25, 0.3) is 0 Å². The lowest BCUT2D eigenvalue weighted by Crippen LogP contribution is -2.39. The molecule has 0 bridgehead atoms. The molecule has 0 amide bonds. The normalized spacial score (nSPS) is 13.2. The van der Waals surface area contributed by atoms with E-state index in [2.05, 4.69) is 46.4 Å². The lowest BCUT2D eigenvalue weighted by Gasteiger charge is -2.29. The Morgan fingerprint density at radius 3 is 1.67 bits per heavy atom. The van der Waals surface area contributed by atoms with Crippen molar-refractivity contribution in [1.29, 1.82) is 0 Å². The molecule has 2 nitrogen and oxygen atoms in total. The Bertz CT molecular complexity index is 146. The van der Waals surface area contributed by atoms with Crippen LogP contribution in [0.25, 0.3) is 0 Å². The summed E-state index contributed by atoms with van der Waals surface area (Å²) in [7, 11) is 0. The molecule has 2 N–H and O–H groups in total. The molecule has 15 heavy (non-hydrogen) atoms. The van der Waals surface area contributed by atoms with E-state index in [4.69, 9.17) is 5.73 Å². The maximum Gasteiger partial charge on any atom is 0.0109 e. The first-order chi connectivity index (χ1) is 6.70. The summed E-state index contributed by atoms with van der Waals surface area (Å²) in [5.74, 6) is 1.48. The van der Waals surface area contributed by atoms with Crippen LogP contribution in [0.2, 0.25) is 0 Å². The minimum Gasteiger partial charge on any atom is -0.326 e. The van der Waals surface area contributed by atoms with Gasteiger partial charge in [-0.05, 0) is 38.6 Å². The zero-order valence-electron chi connectivity index (χ0n) is 11.5. The van der Waals surface area contributed by atoms with Crippen LogP contribution in [0.4, 0.5) is 0 Å². The number of nitrogens with zero attached hydrogens (tertiary/aromatic N) is 1. The fraction of sp³-hybridized carbons (Fsp3) is 1.00. The molecule has 0 aromatic carbocycles. The van der Waals surface area contributed by atoms with E-state index >= 15 is 0 Å². The molecule has 2 heteroatoms. The van der Waals surface area contributed by atoms with E-state index in [0.717, 1.165) is 24.8 Å². The molecule has 0 heterocycles. The Hall–Kier alpha value is -0.0800. The van der Waals surface area contributed by atoms with E-state index in [-0.39, 0.29) is 5.54 Å². The summed E-state index contributed by atoms with van der Waals surface area (Å²) in [4.78, 5) is 2.55. The summed E-state index contributed by atoms with van der Waals surface area (Å²) in [5.41, 5.74) is 5.98. The van der Waals surface area contributed by atoms with Crippen LogP contribution < -0.4 is 5.73 Å². The van der Waals surface area contributed by atoms with Gasteiger partial charge < -0.3 is 10.6 Å². The van der Waals surface area contributed by atoms with Crippen molar-refractivity contribution in [2.45, 2.75) is 53.5 Å². The van der Waals surface area contributed by atoms with Crippen molar-refractivity contribution in [2.24, 2.45) is 17.6 Å². The Morgan fingerprint density at radius 2 is 1.40 bits per heavy atom. The molecular weight excluding hydrogens is 184 g/mol. The van der Waals surface area contributed by atoms with Crippen molar-refractivity contribution in [3.8, 4) is 0 Å². The van der Waals surface area contributed by atoms with Gasteiger partial charge in [-0.1, -0.05) is 27.7 Å². The van der Waals surface area contributed by atoms with Gasteiger partial charge in [-0.3, -0.25) is 0 Å². The largest absolute Gasteiger partial charge is 0.326 e. The van der Waals surface area contributed by atoms with E-state index in [1.54, 1.807) is 0 Å². The Morgan fingerprint density at radius 1 is 1.00 bits per heavy atom. The minimum atomic E-state index is -0.0355. The van der Waals surface area contributed by atoms with Crippen LogP contribution in [0.15, 0.2) is 0 Å². The van der Waals surface area contributed by atoms with Crippen LogP contribution in [0.3, 0.4) is 0 Å².